The fraction of sp³-hybridized carbons (Fsp3) is 0.625. The lowest BCUT2D eigenvalue weighted by Gasteiger charge is -2.37. The van der Waals surface area contributed by atoms with E-state index in [4.69, 9.17) is 4.74 Å². The Bertz CT molecular complexity index is 808. The lowest BCUT2D eigenvalue weighted by molar-refractivity contribution is -0.153. The maximum Gasteiger partial charge on any atom is 0.229 e. The number of amides is 2. The maximum absolute atomic E-state index is 12.5. The van der Waals surface area contributed by atoms with Crippen molar-refractivity contribution in [2.24, 2.45) is 5.41 Å². The van der Waals surface area contributed by atoms with Gasteiger partial charge in [-0.15, -0.1) is 0 Å². The van der Waals surface area contributed by atoms with Crippen molar-refractivity contribution < 1.29 is 19.1 Å². The summed E-state index contributed by atoms with van der Waals surface area (Å²) in [5, 5.41) is 3.50. The van der Waals surface area contributed by atoms with Crippen molar-refractivity contribution in [3.8, 4) is 5.75 Å². The number of nitrogens with zero attached hydrogens (tertiary/aromatic N) is 1. The van der Waals surface area contributed by atoms with Gasteiger partial charge in [0.25, 0.3) is 0 Å². The maximum atomic E-state index is 12.5. The normalized spacial score (nSPS) is 22.8. The quantitative estimate of drug-likeness (QED) is 0.423. The molecule has 0 unspecified atom stereocenters. The van der Waals surface area contributed by atoms with E-state index in [2.05, 4.69) is 5.32 Å². The van der Waals surface area contributed by atoms with Crippen molar-refractivity contribution in [3.63, 3.8) is 0 Å². The lowest BCUT2D eigenvalue weighted by Crippen LogP contribution is -2.47. The molecule has 1 saturated heterocycles. The average Bonchev–Trinajstić information content (AvgIpc) is 3.16. The molecule has 0 radical (unpaired) electrons. The molecule has 3 aliphatic rings. The van der Waals surface area contributed by atoms with Crippen molar-refractivity contribution in [1.29, 1.82) is 0 Å². The predicted octanol–water partition coefficient (Wildman–Crippen LogP) is 3.27. The van der Waals surface area contributed by atoms with Gasteiger partial charge in [0, 0.05) is 36.6 Å². The highest BCUT2D eigenvalue weighted by molar-refractivity contribution is 5.98. The Morgan fingerprint density at radius 2 is 1.90 bits per heavy atom. The minimum Gasteiger partial charge on any atom is -0.492 e. The molecular weight excluding hydrogens is 380 g/mol. The third-order valence-electron chi connectivity index (χ3n) is 6.96. The monoisotopic (exact) mass is 412 g/mol. The SMILES string of the molecule is CC(=O)c1cccc2c1C[C@@H](NCCCCN1C(=O)CC3(CCCC3)CC1=O)CO2. The highest BCUT2D eigenvalue weighted by Gasteiger charge is 2.44. The van der Waals surface area contributed by atoms with Gasteiger partial charge in [-0.25, -0.2) is 0 Å². The van der Waals surface area contributed by atoms with Crippen LogP contribution in [0.4, 0.5) is 0 Å². The fourth-order valence-electron chi connectivity index (χ4n) is 5.33. The number of Topliss-reactive ketones (excluding diaryl/α,β-unsaturated/α-hetero) is 1. The number of unbranched alkanes of at least 4 members (excludes halogenated alkanes) is 1. The molecule has 162 valence electrons. The first-order valence-electron chi connectivity index (χ1n) is 11.3. The predicted molar refractivity (Wildman–Crippen MR) is 114 cm³/mol. The van der Waals surface area contributed by atoms with E-state index in [0.29, 0.717) is 26.0 Å². The van der Waals surface area contributed by atoms with Crippen LogP contribution in [0.3, 0.4) is 0 Å². The summed E-state index contributed by atoms with van der Waals surface area (Å²) in [7, 11) is 0. The smallest absolute Gasteiger partial charge is 0.229 e. The van der Waals surface area contributed by atoms with Crippen LogP contribution >= 0.6 is 0 Å². The number of hydrogen-bond acceptors (Lipinski definition) is 5. The number of carbonyl (C=O) groups excluding carboxylic acids is 3. The molecule has 1 N–H and O–H groups in total. The van der Waals surface area contributed by atoms with Crippen LogP contribution in [0.1, 0.15) is 74.2 Å². The Hall–Kier alpha value is -2.21. The standard InChI is InChI=1S/C24H32N2O4/c1-17(27)19-7-6-8-21-20(19)13-18(16-30-21)25-11-4-5-12-26-22(28)14-24(15-23(26)29)9-2-3-10-24/h6-8,18,25H,2-5,9-16H2,1H3/t18-/m1/s1. The Morgan fingerprint density at radius 3 is 2.60 bits per heavy atom. The summed E-state index contributed by atoms with van der Waals surface area (Å²) in [6, 6.07) is 5.80. The highest BCUT2D eigenvalue weighted by Crippen LogP contribution is 2.46. The average molecular weight is 413 g/mol. The van der Waals surface area contributed by atoms with Crippen LogP contribution in [0.25, 0.3) is 0 Å². The van der Waals surface area contributed by atoms with Crippen LogP contribution in [-0.2, 0) is 16.0 Å². The number of piperidine rings is 1. The molecule has 2 fully saturated rings. The van der Waals surface area contributed by atoms with E-state index in [9.17, 15) is 14.4 Å². The van der Waals surface area contributed by atoms with E-state index in [1.807, 2.05) is 18.2 Å². The van der Waals surface area contributed by atoms with Crippen LogP contribution in [0.2, 0.25) is 0 Å². The molecule has 4 rings (SSSR count). The third kappa shape index (κ3) is 4.43. The van der Waals surface area contributed by atoms with Gasteiger partial charge in [-0.1, -0.05) is 25.0 Å². The Balaban J connectivity index is 1.21. The number of likely N-dealkylation sites (tertiary alicyclic amines) is 1. The summed E-state index contributed by atoms with van der Waals surface area (Å²) in [5.74, 6) is 0.916. The number of ketones is 1. The zero-order chi connectivity index (χ0) is 21.1. The second kappa shape index (κ2) is 8.88. The molecule has 6 nitrogen and oxygen atoms in total. The second-order valence-corrected chi connectivity index (χ2v) is 9.21. The molecule has 1 atom stereocenters. The van der Waals surface area contributed by atoms with E-state index < -0.39 is 0 Å². The summed E-state index contributed by atoms with van der Waals surface area (Å²) in [4.78, 5) is 38.4. The van der Waals surface area contributed by atoms with Crippen LogP contribution < -0.4 is 10.1 Å². The van der Waals surface area contributed by atoms with Crippen molar-refractivity contribution in [3.05, 3.63) is 29.3 Å². The van der Waals surface area contributed by atoms with Crippen molar-refractivity contribution >= 4 is 17.6 Å². The Kier molecular flexibility index (Phi) is 6.23. The Labute approximate surface area is 178 Å². The first kappa shape index (κ1) is 21.0. The number of carbonyl (C=O) groups is 3. The van der Waals surface area contributed by atoms with Gasteiger partial charge in [-0.3, -0.25) is 19.3 Å². The highest BCUT2D eigenvalue weighted by atomic mass is 16.5. The summed E-state index contributed by atoms with van der Waals surface area (Å²) in [6.45, 7) is 3.49. The topological polar surface area (TPSA) is 75.7 Å². The first-order chi connectivity index (χ1) is 14.5. The van der Waals surface area contributed by atoms with Crippen molar-refractivity contribution in [1.82, 2.24) is 10.2 Å². The van der Waals surface area contributed by atoms with Gasteiger partial charge in [0.1, 0.15) is 12.4 Å². The van der Waals surface area contributed by atoms with Gasteiger partial charge in [-0.2, -0.15) is 0 Å². The van der Waals surface area contributed by atoms with Crippen molar-refractivity contribution in [2.45, 2.75) is 70.8 Å². The summed E-state index contributed by atoms with van der Waals surface area (Å²) < 4.78 is 5.84. The molecule has 1 aromatic carbocycles. The van der Waals surface area contributed by atoms with Gasteiger partial charge in [0.05, 0.1) is 0 Å². The summed E-state index contributed by atoms with van der Waals surface area (Å²) in [6.07, 6.45) is 7.92. The molecular formula is C24H32N2O4. The minimum absolute atomic E-state index is 0.0233. The molecule has 30 heavy (non-hydrogen) atoms. The van der Waals surface area contributed by atoms with Gasteiger partial charge >= 0.3 is 0 Å². The molecule has 1 aromatic rings. The van der Waals surface area contributed by atoms with E-state index in [0.717, 1.165) is 68.4 Å². The molecule has 0 bridgehead atoms. The van der Waals surface area contributed by atoms with Crippen LogP contribution in [0.15, 0.2) is 18.2 Å². The largest absolute Gasteiger partial charge is 0.492 e. The third-order valence-corrected chi connectivity index (χ3v) is 6.96. The number of benzene rings is 1. The van der Waals surface area contributed by atoms with Crippen LogP contribution in [-0.4, -0.2) is 48.2 Å². The zero-order valence-electron chi connectivity index (χ0n) is 17.9. The molecule has 0 aromatic heterocycles. The number of rotatable bonds is 7. The van der Waals surface area contributed by atoms with E-state index in [1.165, 1.54) is 4.90 Å². The molecule has 2 heterocycles. The molecule has 1 spiro atoms. The van der Waals surface area contributed by atoms with Gasteiger partial charge < -0.3 is 10.1 Å². The van der Waals surface area contributed by atoms with E-state index >= 15 is 0 Å². The first-order valence-corrected chi connectivity index (χ1v) is 11.3. The molecule has 6 heteroatoms. The van der Waals surface area contributed by atoms with Gasteiger partial charge in [0.2, 0.25) is 11.8 Å². The second-order valence-electron chi connectivity index (χ2n) is 9.21. The summed E-state index contributed by atoms with van der Waals surface area (Å²) >= 11 is 0. The number of ether oxygens (including phenoxy) is 1. The Morgan fingerprint density at radius 1 is 1.17 bits per heavy atom. The summed E-state index contributed by atoms with van der Waals surface area (Å²) in [5.41, 5.74) is 1.70. The molecule has 2 amide bonds. The molecule has 1 aliphatic carbocycles. The number of imide groups is 1. The minimum atomic E-state index is -0.0256. The number of nitrogens with one attached hydrogen (secondary N) is 1. The van der Waals surface area contributed by atoms with Gasteiger partial charge in [0.15, 0.2) is 5.78 Å². The van der Waals surface area contributed by atoms with Crippen LogP contribution in [0.5, 0.6) is 5.75 Å². The molecule has 1 saturated carbocycles. The van der Waals surface area contributed by atoms with E-state index in [1.54, 1.807) is 6.92 Å². The zero-order valence-corrected chi connectivity index (χ0v) is 17.9. The lowest BCUT2D eigenvalue weighted by atomic mass is 9.76. The number of hydrogen-bond donors (Lipinski definition) is 1. The van der Waals surface area contributed by atoms with E-state index in [-0.39, 0.29) is 29.1 Å². The number of fused-ring (bicyclic) bond motifs is 1. The fourth-order valence-corrected chi connectivity index (χ4v) is 5.33. The van der Waals surface area contributed by atoms with Crippen molar-refractivity contribution in [2.75, 3.05) is 19.7 Å². The van der Waals surface area contributed by atoms with Gasteiger partial charge in [-0.05, 0) is 57.1 Å². The molecule has 2 aliphatic heterocycles. The van der Waals surface area contributed by atoms with Crippen LogP contribution in [0, 0.1) is 5.41 Å².